The third-order valence-corrected chi connectivity index (χ3v) is 3.88. The van der Waals surface area contributed by atoms with Crippen molar-refractivity contribution >= 4 is 11.9 Å². The molecule has 1 aliphatic heterocycles. The zero-order valence-corrected chi connectivity index (χ0v) is 15.1. The molecule has 7 nitrogen and oxygen atoms in total. The van der Waals surface area contributed by atoms with Crippen molar-refractivity contribution in [3.8, 4) is 11.5 Å². The first-order chi connectivity index (χ1) is 12.2. The maximum atomic E-state index is 12.1. The molecule has 2 N–H and O–H groups in total. The van der Waals surface area contributed by atoms with E-state index < -0.39 is 0 Å². The Morgan fingerprint density at radius 2 is 2.00 bits per heavy atom. The Balaban J connectivity index is 1.74. The predicted octanol–water partition coefficient (Wildman–Crippen LogP) is 1.25. The number of nitrogens with one attached hydrogen (secondary N) is 2. The molecule has 0 radical (unpaired) electrons. The van der Waals surface area contributed by atoms with Gasteiger partial charge in [-0.2, -0.15) is 0 Å². The van der Waals surface area contributed by atoms with Gasteiger partial charge in [-0.1, -0.05) is 6.07 Å². The number of methoxy groups -OCH3 is 1. The van der Waals surface area contributed by atoms with Crippen molar-refractivity contribution in [2.45, 2.75) is 19.8 Å². The van der Waals surface area contributed by atoms with Crippen LogP contribution in [0.2, 0.25) is 0 Å². The average molecular weight is 348 g/mol. The van der Waals surface area contributed by atoms with Crippen LogP contribution in [0.1, 0.15) is 19.8 Å². The number of benzene rings is 1. The molecule has 1 aliphatic rings. The van der Waals surface area contributed by atoms with Gasteiger partial charge in [-0.25, -0.2) is 4.99 Å². The van der Waals surface area contributed by atoms with Crippen molar-refractivity contribution in [1.82, 2.24) is 15.5 Å². The van der Waals surface area contributed by atoms with Gasteiger partial charge in [0.05, 0.1) is 13.7 Å². The van der Waals surface area contributed by atoms with Crippen LogP contribution in [0.3, 0.4) is 0 Å². The van der Waals surface area contributed by atoms with E-state index in [4.69, 9.17) is 9.47 Å². The van der Waals surface area contributed by atoms with Crippen molar-refractivity contribution < 1.29 is 14.3 Å². The molecule has 1 amide bonds. The van der Waals surface area contributed by atoms with Gasteiger partial charge < -0.3 is 25.0 Å². The van der Waals surface area contributed by atoms with E-state index in [9.17, 15) is 4.79 Å². The highest BCUT2D eigenvalue weighted by Crippen LogP contribution is 2.18. The lowest BCUT2D eigenvalue weighted by Gasteiger charge is -2.15. The molecular weight excluding hydrogens is 320 g/mol. The molecule has 2 rings (SSSR count). The van der Waals surface area contributed by atoms with Gasteiger partial charge in [0.1, 0.15) is 24.7 Å². The van der Waals surface area contributed by atoms with E-state index >= 15 is 0 Å². The molecule has 1 fully saturated rings. The molecule has 1 aromatic rings. The summed E-state index contributed by atoms with van der Waals surface area (Å²) >= 11 is 0. The molecule has 0 bridgehead atoms. The quantitative estimate of drug-likeness (QED) is 0.420. The number of likely N-dealkylation sites (tertiary alicyclic amines) is 1. The van der Waals surface area contributed by atoms with Crippen LogP contribution in [0.25, 0.3) is 0 Å². The number of hydrogen-bond donors (Lipinski definition) is 2. The van der Waals surface area contributed by atoms with Crippen LogP contribution < -0.4 is 20.1 Å². The Labute approximate surface area is 149 Å². The van der Waals surface area contributed by atoms with E-state index in [-0.39, 0.29) is 12.5 Å². The molecule has 0 aliphatic carbocycles. The maximum absolute atomic E-state index is 12.1. The molecule has 7 heteroatoms. The molecule has 0 atom stereocenters. The topological polar surface area (TPSA) is 75.2 Å². The first-order valence-corrected chi connectivity index (χ1v) is 8.79. The fraction of sp³-hybridized carbons (Fsp3) is 0.556. The lowest BCUT2D eigenvalue weighted by atomic mass is 10.3. The van der Waals surface area contributed by atoms with Crippen LogP contribution in [-0.2, 0) is 4.79 Å². The maximum Gasteiger partial charge on any atom is 0.244 e. The van der Waals surface area contributed by atoms with Crippen molar-refractivity contribution in [3.05, 3.63) is 24.3 Å². The summed E-state index contributed by atoms with van der Waals surface area (Å²) in [4.78, 5) is 18.3. The zero-order valence-electron chi connectivity index (χ0n) is 15.1. The van der Waals surface area contributed by atoms with Crippen LogP contribution in [0.5, 0.6) is 11.5 Å². The number of aliphatic imine (C=N–C) groups is 1. The average Bonchev–Trinajstić information content (AvgIpc) is 3.18. The third-order valence-electron chi connectivity index (χ3n) is 3.88. The van der Waals surface area contributed by atoms with Crippen LogP contribution in [0.4, 0.5) is 0 Å². The molecule has 0 aromatic heterocycles. The third kappa shape index (κ3) is 6.52. The molecule has 25 heavy (non-hydrogen) atoms. The molecule has 1 aromatic carbocycles. The van der Waals surface area contributed by atoms with Gasteiger partial charge in [0.25, 0.3) is 0 Å². The van der Waals surface area contributed by atoms with Crippen molar-refractivity contribution in [3.63, 3.8) is 0 Å². The summed E-state index contributed by atoms with van der Waals surface area (Å²) in [5.41, 5.74) is 0. The van der Waals surface area contributed by atoms with E-state index in [1.54, 1.807) is 7.11 Å². The van der Waals surface area contributed by atoms with Gasteiger partial charge in [-0.15, -0.1) is 0 Å². The summed E-state index contributed by atoms with van der Waals surface area (Å²) in [6.45, 7) is 5.68. The molecular formula is C18H28N4O3. The van der Waals surface area contributed by atoms with Crippen LogP contribution in [-0.4, -0.2) is 63.2 Å². The summed E-state index contributed by atoms with van der Waals surface area (Å²) in [6, 6.07) is 7.49. The van der Waals surface area contributed by atoms with E-state index in [1.807, 2.05) is 36.1 Å². The number of rotatable bonds is 8. The van der Waals surface area contributed by atoms with Gasteiger partial charge in [0.15, 0.2) is 5.96 Å². The minimum absolute atomic E-state index is 0.0855. The van der Waals surface area contributed by atoms with Crippen molar-refractivity contribution in [2.24, 2.45) is 4.99 Å². The molecule has 138 valence electrons. The standard InChI is InChI=1S/C18H28N4O3/c1-3-19-18(21-14-17(23)22-10-4-5-11-22)20-9-12-25-16-8-6-7-15(13-16)24-2/h6-8,13H,3-5,9-12,14H2,1-2H3,(H2,19,20,21). The van der Waals surface area contributed by atoms with Crippen molar-refractivity contribution in [1.29, 1.82) is 0 Å². The fourth-order valence-electron chi connectivity index (χ4n) is 2.58. The minimum Gasteiger partial charge on any atom is -0.497 e. The predicted molar refractivity (Wildman–Crippen MR) is 98.3 cm³/mol. The second-order valence-electron chi connectivity index (χ2n) is 5.74. The van der Waals surface area contributed by atoms with Crippen LogP contribution >= 0.6 is 0 Å². The summed E-state index contributed by atoms with van der Waals surface area (Å²) in [6.07, 6.45) is 2.19. The van der Waals surface area contributed by atoms with Gasteiger partial charge in [0.2, 0.25) is 5.91 Å². The van der Waals surface area contributed by atoms with Crippen LogP contribution in [0, 0.1) is 0 Å². The summed E-state index contributed by atoms with van der Waals surface area (Å²) < 4.78 is 10.9. The minimum atomic E-state index is 0.0855. The Bertz CT molecular complexity index is 571. The van der Waals surface area contributed by atoms with Gasteiger partial charge >= 0.3 is 0 Å². The zero-order chi connectivity index (χ0) is 17.9. The second-order valence-corrected chi connectivity index (χ2v) is 5.74. The number of carbonyl (C=O) groups excluding carboxylic acids is 1. The molecule has 1 saturated heterocycles. The van der Waals surface area contributed by atoms with Gasteiger partial charge in [0, 0.05) is 25.7 Å². The van der Waals surface area contributed by atoms with E-state index in [1.165, 1.54) is 0 Å². The highest BCUT2D eigenvalue weighted by molar-refractivity contribution is 5.85. The Kier molecular flexibility index (Phi) is 7.88. The number of guanidine groups is 1. The van der Waals surface area contributed by atoms with Gasteiger partial charge in [-0.3, -0.25) is 4.79 Å². The lowest BCUT2D eigenvalue weighted by Crippen LogP contribution is -2.40. The Hall–Kier alpha value is -2.44. The summed E-state index contributed by atoms with van der Waals surface area (Å²) in [7, 11) is 1.63. The molecule has 0 unspecified atom stereocenters. The normalized spacial score (nSPS) is 14.3. The van der Waals surface area contributed by atoms with Crippen molar-refractivity contribution in [2.75, 3.05) is 46.4 Å². The molecule has 1 heterocycles. The Morgan fingerprint density at radius 3 is 2.72 bits per heavy atom. The number of hydrogen-bond acceptors (Lipinski definition) is 4. The summed E-state index contributed by atoms with van der Waals surface area (Å²) in [5, 5.41) is 6.32. The monoisotopic (exact) mass is 348 g/mol. The van der Waals surface area contributed by atoms with E-state index in [2.05, 4.69) is 15.6 Å². The number of ether oxygens (including phenoxy) is 2. The number of carbonyl (C=O) groups is 1. The molecule has 0 saturated carbocycles. The van der Waals surface area contributed by atoms with E-state index in [0.29, 0.717) is 19.1 Å². The first-order valence-electron chi connectivity index (χ1n) is 8.79. The fourth-order valence-corrected chi connectivity index (χ4v) is 2.58. The van der Waals surface area contributed by atoms with E-state index in [0.717, 1.165) is 44.0 Å². The van der Waals surface area contributed by atoms with Gasteiger partial charge in [-0.05, 0) is 31.9 Å². The smallest absolute Gasteiger partial charge is 0.244 e. The number of nitrogens with zero attached hydrogens (tertiary/aromatic N) is 2. The largest absolute Gasteiger partial charge is 0.497 e. The number of amides is 1. The second kappa shape index (κ2) is 10.4. The first kappa shape index (κ1) is 18.9. The molecule has 0 spiro atoms. The lowest BCUT2D eigenvalue weighted by molar-refractivity contribution is -0.128. The highest BCUT2D eigenvalue weighted by Gasteiger charge is 2.17. The highest BCUT2D eigenvalue weighted by atomic mass is 16.5. The summed E-state index contributed by atoms with van der Waals surface area (Å²) in [5.74, 6) is 2.24. The Morgan fingerprint density at radius 1 is 1.24 bits per heavy atom. The van der Waals surface area contributed by atoms with Crippen LogP contribution in [0.15, 0.2) is 29.3 Å². The SMILES string of the molecule is CCNC(=NCC(=O)N1CCCC1)NCCOc1cccc(OC)c1.